The molecule has 0 atom stereocenters. The molecule has 18 heavy (non-hydrogen) atoms. The maximum absolute atomic E-state index is 3.88. The lowest BCUT2D eigenvalue weighted by Gasteiger charge is -2.03. The molecule has 4 heteroatoms. The third-order valence-corrected chi connectivity index (χ3v) is 2.82. The van der Waals surface area contributed by atoms with Gasteiger partial charge in [0, 0.05) is 6.42 Å². The molecule has 0 saturated heterocycles. The normalized spacial score (nSPS) is 10.4. The van der Waals surface area contributed by atoms with Gasteiger partial charge in [-0.05, 0) is 27.1 Å². The van der Waals surface area contributed by atoms with Crippen LogP contribution in [-0.4, -0.2) is 20.6 Å². The molecular weight excluding hydrogens is 224 g/mol. The Labute approximate surface area is 105 Å². The Kier molecular flexibility index (Phi) is 2.84. The Hall–Kier alpha value is -2.49. The molecule has 2 aromatic carbocycles. The van der Waals surface area contributed by atoms with Gasteiger partial charge in [-0.3, -0.25) is 0 Å². The van der Waals surface area contributed by atoms with Gasteiger partial charge in [-0.15, -0.1) is 5.10 Å². The van der Waals surface area contributed by atoms with Crippen LogP contribution in [0.5, 0.6) is 0 Å². The van der Waals surface area contributed by atoms with Crippen molar-refractivity contribution in [3.63, 3.8) is 0 Å². The topological polar surface area (TPSA) is 54.5 Å². The number of aromatic nitrogens is 4. The van der Waals surface area contributed by atoms with Gasteiger partial charge >= 0.3 is 0 Å². The van der Waals surface area contributed by atoms with Crippen LogP contribution in [0.3, 0.4) is 0 Å². The Bertz CT molecular complexity index is 600. The van der Waals surface area contributed by atoms with Crippen LogP contribution in [0.4, 0.5) is 0 Å². The predicted molar refractivity (Wildman–Crippen MR) is 68.9 cm³/mol. The molecule has 0 aliphatic heterocycles. The van der Waals surface area contributed by atoms with E-state index in [2.05, 4.69) is 57.0 Å². The molecule has 0 bridgehead atoms. The van der Waals surface area contributed by atoms with Crippen molar-refractivity contribution in [2.45, 2.75) is 6.42 Å². The third-order valence-electron chi connectivity index (χ3n) is 2.82. The van der Waals surface area contributed by atoms with E-state index >= 15 is 0 Å². The van der Waals surface area contributed by atoms with Crippen LogP contribution < -0.4 is 0 Å². The zero-order chi connectivity index (χ0) is 12.2. The lowest BCUT2D eigenvalue weighted by Crippen LogP contribution is -1.91. The molecule has 0 unspecified atom stereocenters. The monoisotopic (exact) mass is 236 g/mol. The van der Waals surface area contributed by atoms with Gasteiger partial charge < -0.3 is 0 Å². The summed E-state index contributed by atoms with van der Waals surface area (Å²) in [6, 6.07) is 18.8. The lowest BCUT2D eigenvalue weighted by atomic mass is 10.0. The third kappa shape index (κ3) is 2.27. The Morgan fingerprint density at radius 3 is 2.22 bits per heavy atom. The van der Waals surface area contributed by atoms with E-state index in [4.69, 9.17) is 0 Å². The van der Waals surface area contributed by atoms with Crippen molar-refractivity contribution >= 4 is 0 Å². The fourth-order valence-electron chi connectivity index (χ4n) is 1.89. The van der Waals surface area contributed by atoms with Gasteiger partial charge in [-0.25, -0.2) is 5.10 Å². The summed E-state index contributed by atoms with van der Waals surface area (Å²) in [4.78, 5) is 0. The zero-order valence-electron chi connectivity index (χ0n) is 9.74. The van der Waals surface area contributed by atoms with Gasteiger partial charge in [0.1, 0.15) is 0 Å². The molecule has 1 heterocycles. The molecule has 0 amide bonds. The zero-order valence-corrected chi connectivity index (χ0v) is 9.74. The van der Waals surface area contributed by atoms with Crippen molar-refractivity contribution in [2.75, 3.05) is 0 Å². The molecule has 0 aliphatic carbocycles. The van der Waals surface area contributed by atoms with Crippen LogP contribution in [0.2, 0.25) is 0 Å². The smallest absolute Gasteiger partial charge is 0.152 e. The Balaban J connectivity index is 1.81. The summed E-state index contributed by atoms with van der Waals surface area (Å²) in [5.74, 6) is 0.780. The van der Waals surface area contributed by atoms with Crippen LogP contribution in [0, 0.1) is 0 Å². The molecule has 0 aliphatic rings. The summed E-state index contributed by atoms with van der Waals surface area (Å²) in [5.41, 5.74) is 3.63. The second-order valence-corrected chi connectivity index (χ2v) is 4.09. The largest absolute Gasteiger partial charge is 0.243 e. The van der Waals surface area contributed by atoms with E-state index in [1.165, 1.54) is 16.7 Å². The Morgan fingerprint density at radius 1 is 0.833 bits per heavy atom. The van der Waals surface area contributed by atoms with Crippen molar-refractivity contribution in [2.24, 2.45) is 0 Å². The number of nitrogens with one attached hydrogen (secondary N) is 1. The number of hydrogen-bond donors (Lipinski definition) is 1. The summed E-state index contributed by atoms with van der Waals surface area (Å²) in [6.07, 6.45) is 0.724. The first-order chi connectivity index (χ1) is 8.92. The lowest BCUT2D eigenvalue weighted by molar-refractivity contribution is 0.881. The summed E-state index contributed by atoms with van der Waals surface area (Å²) >= 11 is 0. The highest BCUT2D eigenvalue weighted by Gasteiger charge is 2.01. The highest BCUT2D eigenvalue weighted by molar-refractivity contribution is 5.63. The first-order valence-corrected chi connectivity index (χ1v) is 5.79. The fourth-order valence-corrected chi connectivity index (χ4v) is 1.89. The van der Waals surface area contributed by atoms with E-state index in [9.17, 15) is 0 Å². The molecular formula is C14H12N4. The van der Waals surface area contributed by atoms with Gasteiger partial charge in [-0.1, -0.05) is 54.6 Å². The molecule has 1 aromatic heterocycles. The number of hydrogen-bond acceptors (Lipinski definition) is 3. The van der Waals surface area contributed by atoms with Crippen molar-refractivity contribution < 1.29 is 0 Å². The average Bonchev–Trinajstić information content (AvgIpc) is 2.94. The summed E-state index contributed by atoms with van der Waals surface area (Å²) in [5, 5.41) is 13.8. The van der Waals surface area contributed by atoms with E-state index < -0.39 is 0 Å². The van der Waals surface area contributed by atoms with Crippen molar-refractivity contribution in [3.05, 3.63) is 66.0 Å². The highest BCUT2D eigenvalue weighted by atomic mass is 15.5. The predicted octanol–water partition coefficient (Wildman–Crippen LogP) is 2.46. The number of H-pyrrole nitrogens is 1. The molecule has 3 aromatic rings. The van der Waals surface area contributed by atoms with E-state index in [-0.39, 0.29) is 0 Å². The first kappa shape index (κ1) is 10.7. The van der Waals surface area contributed by atoms with Crippen molar-refractivity contribution in [1.82, 2.24) is 20.6 Å². The highest BCUT2D eigenvalue weighted by Crippen LogP contribution is 2.19. The minimum atomic E-state index is 0.724. The molecule has 88 valence electrons. The van der Waals surface area contributed by atoms with Gasteiger partial charge in [0.25, 0.3) is 0 Å². The van der Waals surface area contributed by atoms with Gasteiger partial charge in [-0.2, -0.15) is 0 Å². The van der Waals surface area contributed by atoms with E-state index in [1.54, 1.807) is 0 Å². The number of aromatic amines is 1. The summed E-state index contributed by atoms with van der Waals surface area (Å²) < 4.78 is 0. The van der Waals surface area contributed by atoms with Crippen LogP contribution in [0.15, 0.2) is 54.6 Å². The van der Waals surface area contributed by atoms with E-state index in [0.29, 0.717) is 0 Å². The quantitative estimate of drug-likeness (QED) is 0.760. The summed E-state index contributed by atoms with van der Waals surface area (Å²) in [7, 11) is 0. The molecule has 1 N–H and O–H groups in total. The first-order valence-electron chi connectivity index (χ1n) is 5.79. The SMILES string of the molecule is c1ccc(-c2ccc(Cc3nnn[nH]3)cc2)cc1. The van der Waals surface area contributed by atoms with Crippen LogP contribution in [0.25, 0.3) is 11.1 Å². The molecule has 0 radical (unpaired) electrons. The fraction of sp³-hybridized carbons (Fsp3) is 0.0714. The molecule has 3 rings (SSSR count). The molecule has 0 fully saturated rings. The minimum absolute atomic E-state index is 0.724. The molecule has 0 saturated carbocycles. The van der Waals surface area contributed by atoms with E-state index in [0.717, 1.165) is 12.2 Å². The second kappa shape index (κ2) is 4.79. The van der Waals surface area contributed by atoms with Crippen LogP contribution in [-0.2, 0) is 6.42 Å². The second-order valence-electron chi connectivity index (χ2n) is 4.09. The van der Waals surface area contributed by atoms with Crippen LogP contribution >= 0.6 is 0 Å². The molecule has 0 spiro atoms. The van der Waals surface area contributed by atoms with Crippen molar-refractivity contribution in [3.8, 4) is 11.1 Å². The Morgan fingerprint density at radius 2 is 1.56 bits per heavy atom. The average molecular weight is 236 g/mol. The van der Waals surface area contributed by atoms with Gasteiger partial charge in [0.15, 0.2) is 5.82 Å². The number of rotatable bonds is 3. The van der Waals surface area contributed by atoms with Gasteiger partial charge in [0.2, 0.25) is 0 Å². The number of nitrogens with zero attached hydrogens (tertiary/aromatic N) is 3. The van der Waals surface area contributed by atoms with Gasteiger partial charge in [0.05, 0.1) is 0 Å². The number of tetrazole rings is 1. The summed E-state index contributed by atoms with van der Waals surface area (Å²) in [6.45, 7) is 0. The molecule has 4 nitrogen and oxygen atoms in total. The minimum Gasteiger partial charge on any atom is -0.243 e. The van der Waals surface area contributed by atoms with E-state index in [1.807, 2.05) is 18.2 Å². The van der Waals surface area contributed by atoms with Crippen molar-refractivity contribution in [1.29, 1.82) is 0 Å². The van der Waals surface area contributed by atoms with Crippen LogP contribution in [0.1, 0.15) is 11.4 Å². The number of benzene rings is 2. The maximum atomic E-state index is 3.88. The maximum Gasteiger partial charge on any atom is 0.152 e. The standard InChI is InChI=1S/C14H12N4/c1-2-4-12(5-3-1)13-8-6-11(7-9-13)10-14-15-17-18-16-14/h1-9H,10H2,(H,15,16,17,18).